The van der Waals surface area contributed by atoms with E-state index in [2.05, 4.69) is 137 Å². The molecule has 0 spiro atoms. The van der Waals surface area contributed by atoms with Crippen molar-refractivity contribution in [3.8, 4) is 11.1 Å². The lowest BCUT2D eigenvalue weighted by molar-refractivity contribution is 0.658. The van der Waals surface area contributed by atoms with Crippen molar-refractivity contribution in [2.24, 2.45) is 0 Å². The molecule has 8 heteroatoms. The number of hydrogen-bond donors (Lipinski definition) is 8. The molecule has 0 heterocycles. The minimum absolute atomic E-state index is 0.561. The van der Waals surface area contributed by atoms with Crippen LogP contribution in [0.1, 0.15) is 47.2 Å². The zero-order valence-electron chi connectivity index (χ0n) is 26.1. The van der Waals surface area contributed by atoms with Crippen molar-refractivity contribution in [1.29, 1.82) is 0 Å². The van der Waals surface area contributed by atoms with Crippen LogP contribution in [0.4, 0.5) is 0 Å². The Hall–Kier alpha value is -1.88. The fraction of sp³-hybridized carbons (Fsp3) is 0.100. The van der Waals surface area contributed by atoms with Crippen LogP contribution in [0, 0.1) is 0 Å². The second-order valence-electron chi connectivity index (χ2n) is 12.2. The minimum Gasteiger partial charge on any atom is -0.143 e. The molecule has 0 radical (unpaired) electrons. The lowest BCUT2D eigenvalue weighted by atomic mass is 9.70. The SMILES string of the molecule is CC(c1ccc(-c2ccc(C(C)(c3cc(S)ccc3S)c3cc(S)ccc3S)cc2)cc1)(c1cc(S)ccc1S)c1cc(S)ccc1S. The molecule has 0 atom stereocenters. The predicted molar refractivity (Wildman–Crippen MR) is 227 cm³/mol. The maximum Gasteiger partial charge on any atom is 0.0446 e. The fourth-order valence-electron chi connectivity index (χ4n) is 6.60. The van der Waals surface area contributed by atoms with Crippen molar-refractivity contribution in [3.63, 3.8) is 0 Å². The Morgan fingerprint density at radius 3 is 0.771 bits per heavy atom. The summed E-state index contributed by atoms with van der Waals surface area (Å²) in [7, 11) is 0. The van der Waals surface area contributed by atoms with Gasteiger partial charge in [-0.25, -0.2) is 0 Å². The molecule has 0 fully saturated rings. The van der Waals surface area contributed by atoms with Crippen molar-refractivity contribution in [2.75, 3.05) is 0 Å². The third kappa shape index (κ3) is 6.76. The van der Waals surface area contributed by atoms with Gasteiger partial charge in [-0.15, -0.1) is 101 Å². The van der Waals surface area contributed by atoms with Crippen molar-refractivity contribution >= 4 is 101 Å². The van der Waals surface area contributed by atoms with E-state index in [1.54, 1.807) is 0 Å². The van der Waals surface area contributed by atoms with E-state index < -0.39 is 10.8 Å². The van der Waals surface area contributed by atoms with E-state index in [4.69, 9.17) is 50.5 Å². The number of rotatable bonds is 7. The zero-order chi connectivity index (χ0) is 34.4. The van der Waals surface area contributed by atoms with Crippen molar-refractivity contribution in [3.05, 3.63) is 155 Å². The molecule has 6 aromatic carbocycles. The second-order valence-corrected chi connectivity index (χ2v) is 16.2. The van der Waals surface area contributed by atoms with E-state index in [0.717, 1.165) is 83.7 Å². The highest BCUT2D eigenvalue weighted by Gasteiger charge is 2.36. The van der Waals surface area contributed by atoms with Crippen molar-refractivity contribution in [1.82, 2.24) is 0 Å². The Morgan fingerprint density at radius 1 is 0.312 bits per heavy atom. The van der Waals surface area contributed by atoms with Crippen LogP contribution in [0.2, 0.25) is 0 Å². The van der Waals surface area contributed by atoms with E-state index in [1.165, 1.54) is 0 Å². The van der Waals surface area contributed by atoms with Crippen molar-refractivity contribution < 1.29 is 0 Å². The van der Waals surface area contributed by atoms with Gasteiger partial charge in [-0.3, -0.25) is 0 Å². The van der Waals surface area contributed by atoms with Gasteiger partial charge in [0.2, 0.25) is 0 Å². The average Bonchev–Trinajstić information content (AvgIpc) is 3.08. The Labute approximate surface area is 327 Å². The van der Waals surface area contributed by atoms with Crippen LogP contribution < -0.4 is 0 Å². The highest BCUT2D eigenvalue weighted by Crippen LogP contribution is 2.47. The summed E-state index contributed by atoms with van der Waals surface area (Å²) in [5.74, 6) is 0. The maximum absolute atomic E-state index is 4.89. The minimum atomic E-state index is -0.561. The molecule has 0 unspecified atom stereocenters. The molecule has 0 saturated heterocycles. The van der Waals surface area contributed by atoms with Gasteiger partial charge in [0.25, 0.3) is 0 Å². The van der Waals surface area contributed by atoms with Gasteiger partial charge in [-0.1, -0.05) is 48.5 Å². The highest BCUT2D eigenvalue weighted by atomic mass is 32.1. The third-order valence-electron chi connectivity index (χ3n) is 9.33. The normalized spacial score (nSPS) is 12.0. The van der Waals surface area contributed by atoms with Crippen LogP contribution in [-0.2, 0) is 10.8 Å². The van der Waals surface area contributed by atoms with Crippen LogP contribution in [-0.4, -0.2) is 0 Å². The monoisotopic (exact) mass is 770 g/mol. The first-order valence-electron chi connectivity index (χ1n) is 15.1. The molecule has 6 rings (SSSR count). The summed E-state index contributed by atoms with van der Waals surface area (Å²) < 4.78 is 0. The molecule has 0 aliphatic rings. The highest BCUT2D eigenvalue weighted by molar-refractivity contribution is 7.81. The molecule has 242 valence electrons. The Bertz CT molecular complexity index is 1880. The van der Waals surface area contributed by atoms with Gasteiger partial charge < -0.3 is 0 Å². The zero-order valence-corrected chi connectivity index (χ0v) is 33.3. The number of thiol groups is 8. The standard InChI is InChI=1S/C40H34S8/c1-39(31-19-27(41)11-15-35(31)45,32-20-28(42)12-16-36(32)46)25-7-3-23(4-8-25)24-5-9-26(10-6-24)40(2,33-21-29(43)13-17-37(33)47)34-22-30(44)14-18-38(34)48/h3-22,41-48H,1-2H3. The van der Waals surface area contributed by atoms with Crippen LogP contribution >= 0.6 is 101 Å². The molecule has 48 heavy (non-hydrogen) atoms. The molecule has 6 aromatic rings. The molecule has 0 aliphatic heterocycles. The van der Waals surface area contributed by atoms with Crippen molar-refractivity contribution in [2.45, 2.75) is 63.8 Å². The molecular weight excluding hydrogens is 737 g/mol. The van der Waals surface area contributed by atoms with Gasteiger partial charge in [0.05, 0.1) is 0 Å². The van der Waals surface area contributed by atoms with Crippen LogP contribution in [0.3, 0.4) is 0 Å². The lowest BCUT2D eigenvalue weighted by Gasteiger charge is -2.35. The van der Waals surface area contributed by atoms with Gasteiger partial charge in [0.15, 0.2) is 0 Å². The van der Waals surface area contributed by atoms with Crippen LogP contribution in [0.15, 0.2) is 160 Å². The van der Waals surface area contributed by atoms with Gasteiger partial charge in [0, 0.05) is 50.0 Å². The smallest absolute Gasteiger partial charge is 0.0446 e. The summed E-state index contributed by atoms with van der Waals surface area (Å²) in [4.78, 5) is 7.03. The maximum atomic E-state index is 4.89. The fourth-order valence-corrected chi connectivity index (χ4v) is 8.87. The second kappa shape index (κ2) is 14.4. The molecule has 0 bridgehead atoms. The first kappa shape index (κ1) is 35.9. The molecule has 0 aromatic heterocycles. The van der Waals surface area contributed by atoms with E-state index in [9.17, 15) is 0 Å². The summed E-state index contributed by atoms with van der Waals surface area (Å²) in [5.41, 5.74) is 7.51. The summed E-state index contributed by atoms with van der Waals surface area (Å²) in [5, 5.41) is 0. The van der Waals surface area contributed by atoms with E-state index in [-0.39, 0.29) is 0 Å². The van der Waals surface area contributed by atoms with Crippen LogP contribution in [0.5, 0.6) is 0 Å². The summed E-state index contributed by atoms with van der Waals surface area (Å²) in [6, 6.07) is 41.7. The largest absolute Gasteiger partial charge is 0.143 e. The molecule has 0 amide bonds. The Balaban J connectivity index is 1.44. The lowest BCUT2D eigenvalue weighted by Crippen LogP contribution is -2.27. The Morgan fingerprint density at radius 2 is 0.542 bits per heavy atom. The van der Waals surface area contributed by atoms with Gasteiger partial charge in [-0.2, -0.15) is 0 Å². The summed E-state index contributed by atoms with van der Waals surface area (Å²) in [6.45, 7) is 4.43. The molecule has 0 N–H and O–H groups in total. The quantitative estimate of drug-likeness (QED) is 0.0576. The topological polar surface area (TPSA) is 0 Å². The number of benzene rings is 6. The van der Waals surface area contributed by atoms with Gasteiger partial charge in [-0.05, 0) is 131 Å². The van der Waals surface area contributed by atoms with Crippen LogP contribution in [0.25, 0.3) is 11.1 Å². The van der Waals surface area contributed by atoms with E-state index >= 15 is 0 Å². The third-order valence-corrected chi connectivity index (χ3v) is 12.0. The first-order valence-corrected chi connectivity index (χ1v) is 18.7. The number of hydrogen-bond acceptors (Lipinski definition) is 8. The molecule has 0 nitrogen and oxygen atoms in total. The predicted octanol–water partition coefficient (Wildman–Crippen LogP) is 12.4. The average molecular weight is 771 g/mol. The molecular formula is C40H34S8. The van der Waals surface area contributed by atoms with E-state index in [0.29, 0.717) is 0 Å². The molecule has 0 aliphatic carbocycles. The summed E-state index contributed by atoms with van der Waals surface area (Å²) >= 11 is 38.3. The Kier molecular flexibility index (Phi) is 10.8. The van der Waals surface area contributed by atoms with Gasteiger partial charge >= 0.3 is 0 Å². The van der Waals surface area contributed by atoms with E-state index in [1.807, 2.05) is 48.5 Å². The van der Waals surface area contributed by atoms with Gasteiger partial charge in [0.1, 0.15) is 0 Å². The summed E-state index contributed by atoms with van der Waals surface area (Å²) in [6.07, 6.45) is 0. The first-order chi connectivity index (χ1) is 22.8. The molecule has 0 saturated carbocycles.